The van der Waals surface area contributed by atoms with Gasteiger partial charge in [0.1, 0.15) is 11.2 Å². The van der Waals surface area contributed by atoms with E-state index in [1.165, 1.54) is 44.2 Å². The van der Waals surface area contributed by atoms with E-state index in [-0.39, 0.29) is 5.41 Å². The first-order chi connectivity index (χ1) is 22.1. The smallest absolute Gasteiger partial charge is 0.135 e. The highest BCUT2D eigenvalue weighted by Gasteiger charge is 2.35. The third-order valence-electron chi connectivity index (χ3n) is 9.67. The van der Waals surface area contributed by atoms with Crippen LogP contribution in [0.5, 0.6) is 0 Å². The zero-order valence-corrected chi connectivity index (χ0v) is 25.3. The summed E-state index contributed by atoms with van der Waals surface area (Å²) in [7, 11) is 0. The Hall–Kier alpha value is -5.60. The third-order valence-corrected chi connectivity index (χ3v) is 9.67. The van der Waals surface area contributed by atoms with Crippen molar-refractivity contribution in [3.63, 3.8) is 0 Å². The van der Waals surface area contributed by atoms with E-state index in [1.54, 1.807) is 0 Å². The van der Waals surface area contributed by atoms with Crippen molar-refractivity contribution in [1.29, 1.82) is 0 Å². The second kappa shape index (κ2) is 9.70. The number of hydrogen-bond donors (Lipinski definition) is 0. The molecule has 8 aromatic rings. The van der Waals surface area contributed by atoms with Crippen molar-refractivity contribution in [2.75, 3.05) is 4.90 Å². The molecule has 0 bridgehead atoms. The minimum absolute atomic E-state index is 0.0996. The van der Waals surface area contributed by atoms with E-state index in [9.17, 15) is 0 Å². The van der Waals surface area contributed by atoms with Crippen LogP contribution in [0.3, 0.4) is 0 Å². The Bertz CT molecular complexity index is 2410. The highest BCUT2D eigenvalue weighted by atomic mass is 16.3. The average molecular weight is 578 g/mol. The lowest BCUT2D eigenvalue weighted by Gasteiger charge is -2.29. The monoisotopic (exact) mass is 577 g/mol. The normalized spacial score (nSPS) is 13.3. The summed E-state index contributed by atoms with van der Waals surface area (Å²) >= 11 is 0. The van der Waals surface area contributed by atoms with Gasteiger partial charge in [-0.1, -0.05) is 123 Å². The predicted molar refractivity (Wildman–Crippen MR) is 189 cm³/mol. The van der Waals surface area contributed by atoms with Crippen molar-refractivity contribution < 1.29 is 4.42 Å². The molecular formula is C43H31NO. The SMILES string of the molecule is CC1(C)c2ccccc2-c2ccc(N(c3ccc4oc5ccccc5c4c3)c3ccc(-c4ccccc4)c4ccccc34)cc21. The lowest BCUT2D eigenvalue weighted by atomic mass is 9.82. The van der Waals surface area contributed by atoms with E-state index in [4.69, 9.17) is 4.42 Å². The van der Waals surface area contributed by atoms with E-state index < -0.39 is 0 Å². The molecule has 0 fully saturated rings. The van der Waals surface area contributed by atoms with Crippen LogP contribution in [0.25, 0.3) is 55.0 Å². The lowest BCUT2D eigenvalue weighted by Crippen LogP contribution is -2.16. The maximum absolute atomic E-state index is 6.24. The topological polar surface area (TPSA) is 16.4 Å². The molecule has 0 atom stereocenters. The van der Waals surface area contributed by atoms with Crippen molar-refractivity contribution in [3.05, 3.63) is 163 Å². The molecule has 0 unspecified atom stereocenters. The molecule has 2 nitrogen and oxygen atoms in total. The van der Waals surface area contributed by atoms with Crippen LogP contribution in [-0.4, -0.2) is 0 Å². The fourth-order valence-electron chi connectivity index (χ4n) is 7.46. The van der Waals surface area contributed by atoms with Crippen LogP contribution in [0.4, 0.5) is 17.1 Å². The summed E-state index contributed by atoms with van der Waals surface area (Å²) in [5, 5.41) is 4.69. The van der Waals surface area contributed by atoms with Gasteiger partial charge in [-0.2, -0.15) is 0 Å². The highest BCUT2D eigenvalue weighted by molar-refractivity contribution is 6.09. The zero-order valence-electron chi connectivity index (χ0n) is 25.3. The summed E-state index contributed by atoms with van der Waals surface area (Å²) in [6.07, 6.45) is 0. The predicted octanol–water partition coefficient (Wildman–Crippen LogP) is 12.2. The van der Waals surface area contributed by atoms with Crippen LogP contribution < -0.4 is 4.90 Å². The standard InChI is InChI=1S/C43H31NO/c1-43(2)38-18-10-8-15-33(38)34-22-20-30(27-39(34)43)44(29-21-25-42-37(26-29)36-17-9-11-19-41(36)45-42)40-24-23-31(28-12-4-3-5-13-28)32-14-6-7-16-35(32)40/h3-27H,1-2H3. The number of rotatable bonds is 4. The summed E-state index contributed by atoms with van der Waals surface area (Å²) in [5.41, 5.74) is 12.9. The van der Waals surface area contributed by atoms with Crippen molar-refractivity contribution in [2.24, 2.45) is 0 Å². The van der Waals surface area contributed by atoms with Gasteiger partial charge in [-0.3, -0.25) is 0 Å². The molecule has 1 aromatic heterocycles. The summed E-state index contributed by atoms with van der Waals surface area (Å²) in [4.78, 5) is 2.43. The molecule has 214 valence electrons. The number of fused-ring (bicyclic) bond motifs is 7. The molecule has 0 spiro atoms. The van der Waals surface area contributed by atoms with Crippen molar-refractivity contribution in [2.45, 2.75) is 19.3 Å². The van der Waals surface area contributed by atoms with Gasteiger partial charge < -0.3 is 9.32 Å². The molecule has 0 radical (unpaired) electrons. The van der Waals surface area contributed by atoms with Crippen molar-refractivity contribution >= 4 is 49.8 Å². The molecular weight excluding hydrogens is 546 g/mol. The fraction of sp³-hybridized carbons (Fsp3) is 0.0698. The molecule has 45 heavy (non-hydrogen) atoms. The van der Waals surface area contributed by atoms with Gasteiger partial charge in [0.05, 0.1) is 5.69 Å². The Labute approximate surface area is 262 Å². The average Bonchev–Trinajstić information content (AvgIpc) is 3.57. The second-order valence-corrected chi connectivity index (χ2v) is 12.6. The van der Waals surface area contributed by atoms with Gasteiger partial charge in [0.2, 0.25) is 0 Å². The van der Waals surface area contributed by atoms with E-state index in [2.05, 4.69) is 158 Å². The number of nitrogens with zero attached hydrogens (tertiary/aromatic N) is 1. The first kappa shape index (κ1) is 25.9. The number of para-hydroxylation sites is 1. The van der Waals surface area contributed by atoms with E-state index in [1.807, 2.05) is 12.1 Å². The first-order valence-electron chi connectivity index (χ1n) is 15.6. The Kier molecular flexibility index (Phi) is 5.58. The van der Waals surface area contributed by atoms with Gasteiger partial charge in [0.15, 0.2) is 0 Å². The largest absolute Gasteiger partial charge is 0.456 e. The summed E-state index contributed by atoms with van der Waals surface area (Å²) in [6.45, 7) is 4.69. The van der Waals surface area contributed by atoms with Gasteiger partial charge in [0, 0.05) is 32.9 Å². The van der Waals surface area contributed by atoms with Gasteiger partial charge >= 0.3 is 0 Å². The van der Waals surface area contributed by atoms with Crippen molar-refractivity contribution in [3.8, 4) is 22.3 Å². The molecule has 1 aliphatic carbocycles. The summed E-state index contributed by atoms with van der Waals surface area (Å²) < 4.78 is 6.24. The molecule has 0 N–H and O–H groups in total. The van der Waals surface area contributed by atoms with E-state index in [0.717, 1.165) is 39.0 Å². The van der Waals surface area contributed by atoms with Gasteiger partial charge in [-0.05, 0) is 81.2 Å². The maximum atomic E-state index is 6.24. The number of hydrogen-bond acceptors (Lipinski definition) is 2. The number of furan rings is 1. The maximum Gasteiger partial charge on any atom is 0.135 e. The van der Waals surface area contributed by atoms with E-state index >= 15 is 0 Å². The molecule has 0 aliphatic heterocycles. The minimum atomic E-state index is -0.0996. The molecule has 9 rings (SSSR count). The number of anilines is 3. The van der Waals surface area contributed by atoms with Crippen LogP contribution in [0.15, 0.2) is 156 Å². The molecule has 7 aromatic carbocycles. The minimum Gasteiger partial charge on any atom is -0.456 e. The second-order valence-electron chi connectivity index (χ2n) is 12.6. The Morgan fingerprint density at radius 3 is 1.93 bits per heavy atom. The van der Waals surface area contributed by atoms with Crippen LogP contribution in [0, 0.1) is 0 Å². The van der Waals surface area contributed by atoms with Crippen LogP contribution in [0.2, 0.25) is 0 Å². The molecule has 0 saturated carbocycles. The lowest BCUT2D eigenvalue weighted by molar-refractivity contribution is 0.660. The Morgan fingerprint density at radius 1 is 0.444 bits per heavy atom. The fourth-order valence-corrected chi connectivity index (χ4v) is 7.46. The van der Waals surface area contributed by atoms with Gasteiger partial charge in [-0.25, -0.2) is 0 Å². The first-order valence-corrected chi connectivity index (χ1v) is 15.6. The molecule has 2 heteroatoms. The quantitative estimate of drug-likeness (QED) is 0.207. The Morgan fingerprint density at radius 2 is 1.07 bits per heavy atom. The molecule has 1 heterocycles. The van der Waals surface area contributed by atoms with E-state index in [0.29, 0.717) is 0 Å². The van der Waals surface area contributed by atoms with Crippen LogP contribution in [0.1, 0.15) is 25.0 Å². The molecule has 1 aliphatic rings. The molecule has 0 amide bonds. The highest BCUT2D eigenvalue weighted by Crippen LogP contribution is 2.51. The van der Waals surface area contributed by atoms with Crippen molar-refractivity contribution in [1.82, 2.24) is 0 Å². The zero-order chi connectivity index (χ0) is 30.1. The number of benzene rings is 7. The van der Waals surface area contributed by atoms with Gasteiger partial charge in [0.25, 0.3) is 0 Å². The summed E-state index contributed by atoms with van der Waals surface area (Å²) in [6, 6.07) is 54.8. The molecule has 0 saturated heterocycles. The van der Waals surface area contributed by atoms with Crippen LogP contribution >= 0.6 is 0 Å². The Balaban J connectivity index is 1.31. The van der Waals surface area contributed by atoms with Gasteiger partial charge in [-0.15, -0.1) is 0 Å². The third kappa shape index (κ3) is 3.89. The van der Waals surface area contributed by atoms with Crippen LogP contribution in [-0.2, 0) is 5.41 Å². The summed E-state index contributed by atoms with van der Waals surface area (Å²) in [5.74, 6) is 0.